The van der Waals surface area contributed by atoms with Crippen LogP contribution in [-0.2, 0) is 0 Å². The molecule has 0 saturated heterocycles. The highest BCUT2D eigenvalue weighted by atomic mass is 32.1. The van der Waals surface area contributed by atoms with Gasteiger partial charge in [0.05, 0.1) is 0 Å². The number of thiol groups is 1. The lowest BCUT2D eigenvalue weighted by Gasteiger charge is -2.07. The normalized spacial score (nSPS) is 10.4. The van der Waals surface area contributed by atoms with Crippen LogP contribution in [0, 0.1) is 0 Å². The molecule has 0 saturated carbocycles. The first kappa shape index (κ1) is 13.4. The molecule has 0 aliphatic rings. The molecule has 0 unspecified atom stereocenters. The second kappa shape index (κ2) is 8.48. The molecule has 3 heteroatoms. The summed E-state index contributed by atoms with van der Waals surface area (Å²) >= 11 is 4.25. The number of benzene rings is 1. The lowest BCUT2D eigenvalue weighted by molar-refractivity contribution is 0.626. The Morgan fingerprint density at radius 2 is 1.75 bits per heavy atom. The number of nitrogens with one attached hydrogen (secondary N) is 2. The monoisotopic (exact) mass is 238 g/mol. The molecule has 16 heavy (non-hydrogen) atoms. The summed E-state index contributed by atoms with van der Waals surface area (Å²) < 4.78 is 0. The summed E-state index contributed by atoms with van der Waals surface area (Å²) in [4.78, 5) is 1.00. The Kier molecular flexibility index (Phi) is 7.10. The summed E-state index contributed by atoms with van der Waals surface area (Å²) in [5.74, 6) is 0. The van der Waals surface area contributed by atoms with E-state index < -0.39 is 0 Å². The fourth-order valence-corrected chi connectivity index (χ4v) is 1.65. The molecule has 0 aromatic heterocycles. The van der Waals surface area contributed by atoms with Crippen molar-refractivity contribution in [3.8, 4) is 0 Å². The Morgan fingerprint density at radius 1 is 1.00 bits per heavy atom. The maximum Gasteiger partial charge on any atom is 0.0341 e. The van der Waals surface area contributed by atoms with Crippen molar-refractivity contribution in [3.05, 3.63) is 24.3 Å². The van der Waals surface area contributed by atoms with Gasteiger partial charge in [-0.05, 0) is 37.2 Å². The molecule has 0 bridgehead atoms. The van der Waals surface area contributed by atoms with Crippen molar-refractivity contribution in [2.45, 2.75) is 31.1 Å². The average molecular weight is 238 g/mol. The van der Waals surface area contributed by atoms with Crippen molar-refractivity contribution in [1.29, 1.82) is 0 Å². The molecule has 90 valence electrons. The third-order valence-corrected chi connectivity index (χ3v) is 2.75. The molecule has 0 heterocycles. The van der Waals surface area contributed by atoms with E-state index in [0.29, 0.717) is 0 Å². The van der Waals surface area contributed by atoms with Gasteiger partial charge in [-0.25, -0.2) is 0 Å². The van der Waals surface area contributed by atoms with Gasteiger partial charge < -0.3 is 10.6 Å². The van der Waals surface area contributed by atoms with Crippen LogP contribution in [0.3, 0.4) is 0 Å². The van der Waals surface area contributed by atoms with Gasteiger partial charge in [0.2, 0.25) is 0 Å². The summed E-state index contributed by atoms with van der Waals surface area (Å²) in [6.07, 6.45) is 3.89. The molecule has 2 nitrogen and oxygen atoms in total. The molecule has 0 fully saturated rings. The Labute approximate surface area is 104 Å². The number of hydrogen-bond acceptors (Lipinski definition) is 3. The number of unbranched alkanes of at least 4 members (excludes halogenated alkanes) is 2. The van der Waals surface area contributed by atoms with Gasteiger partial charge >= 0.3 is 0 Å². The molecule has 1 aromatic rings. The summed E-state index contributed by atoms with van der Waals surface area (Å²) in [5.41, 5.74) is 1.16. The van der Waals surface area contributed by atoms with Crippen molar-refractivity contribution >= 4 is 18.3 Å². The minimum atomic E-state index is 0.970. The molecular formula is C13H22N2S. The van der Waals surface area contributed by atoms with Gasteiger partial charge in [0.1, 0.15) is 0 Å². The van der Waals surface area contributed by atoms with Gasteiger partial charge in [-0.1, -0.05) is 19.8 Å². The van der Waals surface area contributed by atoms with E-state index in [2.05, 4.69) is 42.3 Å². The fraction of sp³-hybridized carbons (Fsp3) is 0.538. The van der Waals surface area contributed by atoms with E-state index in [1.54, 1.807) is 0 Å². The quantitative estimate of drug-likeness (QED) is 0.479. The van der Waals surface area contributed by atoms with Crippen molar-refractivity contribution in [2.24, 2.45) is 0 Å². The molecule has 2 N–H and O–H groups in total. The molecule has 0 spiro atoms. The summed E-state index contributed by atoms with van der Waals surface area (Å²) in [6, 6.07) is 8.11. The minimum absolute atomic E-state index is 0.970. The first-order valence-corrected chi connectivity index (χ1v) is 6.51. The van der Waals surface area contributed by atoms with Crippen LogP contribution in [0.5, 0.6) is 0 Å². The van der Waals surface area contributed by atoms with Gasteiger partial charge in [0.15, 0.2) is 0 Å². The SMILES string of the molecule is CCCCCNCCNc1ccc(S)cc1. The molecule has 1 rings (SSSR count). The van der Waals surface area contributed by atoms with E-state index in [-0.39, 0.29) is 0 Å². The van der Waals surface area contributed by atoms with Gasteiger partial charge in [-0.15, -0.1) is 12.6 Å². The van der Waals surface area contributed by atoms with E-state index in [9.17, 15) is 0 Å². The van der Waals surface area contributed by atoms with Crippen LogP contribution < -0.4 is 10.6 Å². The van der Waals surface area contributed by atoms with Crippen LogP contribution in [0.4, 0.5) is 5.69 Å². The average Bonchev–Trinajstić information content (AvgIpc) is 2.30. The number of hydrogen-bond donors (Lipinski definition) is 3. The topological polar surface area (TPSA) is 24.1 Å². The Morgan fingerprint density at radius 3 is 2.44 bits per heavy atom. The summed E-state index contributed by atoms with van der Waals surface area (Å²) in [6.45, 7) is 5.35. The molecule has 0 radical (unpaired) electrons. The van der Waals surface area contributed by atoms with Crippen LogP contribution >= 0.6 is 12.6 Å². The van der Waals surface area contributed by atoms with Gasteiger partial charge in [0.25, 0.3) is 0 Å². The van der Waals surface area contributed by atoms with Crippen LogP contribution in [-0.4, -0.2) is 19.6 Å². The molecule has 0 amide bonds. The highest BCUT2D eigenvalue weighted by molar-refractivity contribution is 7.80. The minimum Gasteiger partial charge on any atom is -0.384 e. The molecular weight excluding hydrogens is 216 g/mol. The predicted molar refractivity (Wildman–Crippen MR) is 74.6 cm³/mol. The first-order valence-electron chi connectivity index (χ1n) is 6.06. The summed E-state index contributed by atoms with van der Waals surface area (Å²) in [5, 5.41) is 6.79. The van der Waals surface area contributed by atoms with Crippen molar-refractivity contribution in [2.75, 3.05) is 25.0 Å². The summed E-state index contributed by atoms with van der Waals surface area (Å²) in [7, 11) is 0. The van der Waals surface area contributed by atoms with E-state index in [1.165, 1.54) is 19.3 Å². The maximum absolute atomic E-state index is 4.25. The van der Waals surface area contributed by atoms with Crippen molar-refractivity contribution in [3.63, 3.8) is 0 Å². The molecule has 1 aromatic carbocycles. The van der Waals surface area contributed by atoms with E-state index in [1.807, 2.05) is 12.1 Å². The van der Waals surface area contributed by atoms with Gasteiger partial charge in [-0.3, -0.25) is 0 Å². The van der Waals surface area contributed by atoms with E-state index >= 15 is 0 Å². The molecule has 0 atom stereocenters. The van der Waals surface area contributed by atoms with Gasteiger partial charge in [-0.2, -0.15) is 0 Å². The van der Waals surface area contributed by atoms with Crippen LogP contribution in [0.2, 0.25) is 0 Å². The molecule has 0 aliphatic heterocycles. The fourth-order valence-electron chi connectivity index (χ4n) is 1.50. The third-order valence-electron chi connectivity index (χ3n) is 2.46. The second-order valence-corrected chi connectivity index (χ2v) is 4.45. The zero-order valence-electron chi connectivity index (χ0n) is 10.00. The highest BCUT2D eigenvalue weighted by Gasteiger charge is 1.91. The smallest absolute Gasteiger partial charge is 0.0341 e. The number of anilines is 1. The zero-order chi connectivity index (χ0) is 11.6. The van der Waals surface area contributed by atoms with Crippen LogP contribution in [0.15, 0.2) is 29.2 Å². The maximum atomic E-state index is 4.25. The zero-order valence-corrected chi connectivity index (χ0v) is 10.9. The molecule has 0 aliphatic carbocycles. The van der Waals surface area contributed by atoms with Crippen LogP contribution in [0.25, 0.3) is 0 Å². The van der Waals surface area contributed by atoms with E-state index in [0.717, 1.165) is 30.2 Å². The van der Waals surface area contributed by atoms with Crippen molar-refractivity contribution in [1.82, 2.24) is 5.32 Å². The second-order valence-electron chi connectivity index (χ2n) is 3.93. The van der Waals surface area contributed by atoms with Crippen LogP contribution in [0.1, 0.15) is 26.2 Å². The largest absolute Gasteiger partial charge is 0.384 e. The third kappa shape index (κ3) is 6.03. The number of rotatable bonds is 8. The Hall–Kier alpha value is -0.670. The Bertz CT molecular complexity index is 272. The van der Waals surface area contributed by atoms with Gasteiger partial charge in [0, 0.05) is 23.7 Å². The highest BCUT2D eigenvalue weighted by Crippen LogP contribution is 2.11. The lowest BCUT2D eigenvalue weighted by atomic mass is 10.2. The van der Waals surface area contributed by atoms with E-state index in [4.69, 9.17) is 0 Å². The predicted octanol–water partition coefficient (Wildman–Crippen LogP) is 3.17. The lowest BCUT2D eigenvalue weighted by Crippen LogP contribution is -2.23. The standard InChI is InChI=1S/C13H22N2S/c1-2-3-4-9-14-10-11-15-12-5-7-13(16)8-6-12/h5-8,14-16H,2-4,9-11H2,1H3. The van der Waals surface area contributed by atoms with Crippen molar-refractivity contribution < 1.29 is 0 Å². The first-order chi connectivity index (χ1) is 7.83. The Balaban J connectivity index is 2.01.